The number of thioether (sulfide) groups is 1. The van der Waals surface area contributed by atoms with Crippen molar-refractivity contribution in [2.75, 3.05) is 0 Å². The molecule has 0 amide bonds. The molecular formula is C21H22ClN3O2S. The van der Waals surface area contributed by atoms with E-state index >= 15 is 0 Å². The van der Waals surface area contributed by atoms with E-state index in [2.05, 4.69) is 10.2 Å². The average Bonchev–Trinajstić information content (AvgIpc) is 3.02. The van der Waals surface area contributed by atoms with Crippen molar-refractivity contribution in [3.63, 3.8) is 0 Å². The molecule has 0 aliphatic heterocycles. The van der Waals surface area contributed by atoms with E-state index in [9.17, 15) is 4.79 Å². The van der Waals surface area contributed by atoms with Gasteiger partial charge in [0, 0.05) is 17.6 Å². The second-order valence-electron chi connectivity index (χ2n) is 6.64. The van der Waals surface area contributed by atoms with Gasteiger partial charge in [0.15, 0.2) is 16.8 Å². The first-order valence-corrected chi connectivity index (χ1v) is 10.2. The van der Waals surface area contributed by atoms with Gasteiger partial charge in [-0.1, -0.05) is 41.1 Å². The standard InChI is InChI=1S/C21H22ClN3O2S/c1-13-5-6-14(2)18(11-13)20(26)15(3)28-21-24-23-19(25(21)4)12-27-17-9-7-16(22)8-10-17/h5-11,15H,12H2,1-4H3/t15-/m0/s1. The molecule has 1 atom stereocenters. The van der Waals surface area contributed by atoms with E-state index < -0.39 is 0 Å². The highest BCUT2D eigenvalue weighted by Gasteiger charge is 2.21. The second kappa shape index (κ2) is 8.80. The Morgan fingerprint density at radius 3 is 2.61 bits per heavy atom. The molecule has 0 bridgehead atoms. The first-order chi connectivity index (χ1) is 13.3. The van der Waals surface area contributed by atoms with E-state index in [-0.39, 0.29) is 17.6 Å². The predicted octanol–water partition coefficient (Wildman–Crippen LogP) is 5.03. The smallest absolute Gasteiger partial charge is 0.191 e. The number of Topliss-reactive ketones (excluding diaryl/α,β-unsaturated/α-hetero) is 1. The Bertz CT molecular complexity index is 986. The molecule has 7 heteroatoms. The quantitative estimate of drug-likeness (QED) is 0.400. The van der Waals surface area contributed by atoms with Crippen molar-refractivity contribution >= 4 is 29.1 Å². The highest BCUT2D eigenvalue weighted by molar-refractivity contribution is 8.00. The van der Waals surface area contributed by atoms with Gasteiger partial charge in [-0.05, 0) is 56.7 Å². The zero-order valence-corrected chi connectivity index (χ0v) is 17.8. The number of carbonyl (C=O) groups excluding carboxylic acids is 1. The molecule has 0 radical (unpaired) electrons. The van der Waals surface area contributed by atoms with Crippen LogP contribution in [0.3, 0.4) is 0 Å². The molecule has 146 valence electrons. The van der Waals surface area contributed by atoms with Crippen LogP contribution in [0.15, 0.2) is 47.6 Å². The van der Waals surface area contributed by atoms with Gasteiger partial charge in [-0.25, -0.2) is 0 Å². The molecule has 0 saturated carbocycles. The monoisotopic (exact) mass is 415 g/mol. The Balaban J connectivity index is 1.67. The first-order valence-electron chi connectivity index (χ1n) is 8.90. The summed E-state index contributed by atoms with van der Waals surface area (Å²) in [6.07, 6.45) is 0. The van der Waals surface area contributed by atoms with Crippen molar-refractivity contribution in [3.05, 3.63) is 70.0 Å². The first kappa shape index (κ1) is 20.4. The van der Waals surface area contributed by atoms with Gasteiger partial charge >= 0.3 is 0 Å². The molecule has 0 fully saturated rings. The van der Waals surface area contributed by atoms with E-state index in [1.807, 2.05) is 50.6 Å². The molecule has 0 unspecified atom stereocenters. The van der Waals surface area contributed by atoms with Crippen LogP contribution in [-0.4, -0.2) is 25.8 Å². The molecule has 2 aromatic carbocycles. The fraction of sp³-hybridized carbons (Fsp3) is 0.286. The van der Waals surface area contributed by atoms with E-state index in [4.69, 9.17) is 16.3 Å². The molecule has 0 aliphatic carbocycles. The minimum atomic E-state index is -0.270. The van der Waals surface area contributed by atoms with Crippen LogP contribution in [0.4, 0.5) is 0 Å². The second-order valence-corrected chi connectivity index (χ2v) is 8.39. The summed E-state index contributed by atoms with van der Waals surface area (Å²) in [5.74, 6) is 1.48. The van der Waals surface area contributed by atoms with Gasteiger partial charge in [0.1, 0.15) is 12.4 Å². The van der Waals surface area contributed by atoms with Crippen molar-refractivity contribution in [1.29, 1.82) is 0 Å². The lowest BCUT2D eigenvalue weighted by Gasteiger charge is -2.12. The Kier molecular flexibility index (Phi) is 6.42. The molecule has 1 aromatic heterocycles. The van der Waals surface area contributed by atoms with E-state index in [1.165, 1.54) is 11.8 Å². The van der Waals surface area contributed by atoms with Gasteiger partial charge in [0.05, 0.1) is 5.25 Å². The van der Waals surface area contributed by atoms with Crippen LogP contribution in [0.1, 0.15) is 34.2 Å². The van der Waals surface area contributed by atoms with Crippen LogP contribution in [-0.2, 0) is 13.7 Å². The third-order valence-electron chi connectivity index (χ3n) is 4.42. The highest BCUT2D eigenvalue weighted by atomic mass is 35.5. The SMILES string of the molecule is Cc1ccc(C)c(C(=O)[C@H](C)Sc2nnc(COc3ccc(Cl)cc3)n2C)c1. The van der Waals surface area contributed by atoms with Crippen LogP contribution in [0.2, 0.25) is 5.02 Å². The van der Waals surface area contributed by atoms with Gasteiger partial charge in [0.25, 0.3) is 0 Å². The zero-order chi connectivity index (χ0) is 20.3. The fourth-order valence-corrected chi connectivity index (χ4v) is 3.71. The largest absolute Gasteiger partial charge is 0.486 e. The maximum atomic E-state index is 12.9. The Morgan fingerprint density at radius 2 is 1.89 bits per heavy atom. The molecule has 3 aromatic rings. The predicted molar refractivity (Wildman–Crippen MR) is 112 cm³/mol. The van der Waals surface area contributed by atoms with Crippen molar-refractivity contribution < 1.29 is 9.53 Å². The topological polar surface area (TPSA) is 57.0 Å². The summed E-state index contributed by atoms with van der Waals surface area (Å²) >= 11 is 7.28. The molecule has 5 nitrogen and oxygen atoms in total. The van der Waals surface area contributed by atoms with Crippen LogP contribution >= 0.6 is 23.4 Å². The number of nitrogens with zero attached hydrogens (tertiary/aromatic N) is 3. The number of hydrogen-bond donors (Lipinski definition) is 0. The lowest BCUT2D eigenvalue weighted by Crippen LogP contribution is -2.16. The van der Waals surface area contributed by atoms with Gasteiger partial charge in [0.2, 0.25) is 0 Å². The molecule has 0 saturated heterocycles. The summed E-state index contributed by atoms with van der Waals surface area (Å²) in [5, 5.41) is 9.49. The molecule has 0 spiro atoms. The van der Waals surface area contributed by atoms with Crippen molar-refractivity contribution in [2.24, 2.45) is 7.05 Å². The van der Waals surface area contributed by atoms with Crippen LogP contribution < -0.4 is 4.74 Å². The number of benzene rings is 2. The van der Waals surface area contributed by atoms with Gasteiger partial charge < -0.3 is 9.30 Å². The third-order valence-corrected chi connectivity index (χ3v) is 5.80. The number of aryl methyl sites for hydroxylation is 2. The maximum absolute atomic E-state index is 12.9. The van der Waals surface area contributed by atoms with Crippen molar-refractivity contribution in [3.8, 4) is 5.75 Å². The number of ketones is 1. The van der Waals surface area contributed by atoms with Crippen LogP contribution in [0.5, 0.6) is 5.75 Å². The molecule has 3 rings (SSSR count). The van der Waals surface area contributed by atoms with Gasteiger partial charge in [-0.3, -0.25) is 4.79 Å². The summed E-state index contributed by atoms with van der Waals surface area (Å²) < 4.78 is 7.59. The summed E-state index contributed by atoms with van der Waals surface area (Å²) in [6, 6.07) is 13.1. The maximum Gasteiger partial charge on any atom is 0.191 e. The summed E-state index contributed by atoms with van der Waals surface area (Å²) in [7, 11) is 1.87. The van der Waals surface area contributed by atoms with Gasteiger partial charge in [-0.2, -0.15) is 0 Å². The van der Waals surface area contributed by atoms with Crippen molar-refractivity contribution in [1.82, 2.24) is 14.8 Å². The number of halogens is 1. The van der Waals surface area contributed by atoms with E-state index in [0.29, 0.717) is 21.8 Å². The Morgan fingerprint density at radius 1 is 1.18 bits per heavy atom. The number of aromatic nitrogens is 3. The van der Waals surface area contributed by atoms with Crippen molar-refractivity contribution in [2.45, 2.75) is 37.8 Å². The number of rotatable bonds is 7. The average molecular weight is 416 g/mol. The lowest BCUT2D eigenvalue weighted by molar-refractivity contribution is 0.0993. The summed E-state index contributed by atoms with van der Waals surface area (Å²) in [4.78, 5) is 12.9. The Hall–Kier alpha value is -2.31. The number of hydrogen-bond acceptors (Lipinski definition) is 5. The van der Waals surface area contributed by atoms with Gasteiger partial charge in [-0.15, -0.1) is 10.2 Å². The van der Waals surface area contributed by atoms with Crippen LogP contribution in [0, 0.1) is 13.8 Å². The minimum absolute atomic E-state index is 0.0909. The van der Waals surface area contributed by atoms with E-state index in [1.54, 1.807) is 24.3 Å². The lowest BCUT2D eigenvalue weighted by atomic mass is 10.0. The minimum Gasteiger partial charge on any atom is -0.486 e. The fourth-order valence-electron chi connectivity index (χ4n) is 2.68. The normalized spacial score (nSPS) is 12.0. The highest BCUT2D eigenvalue weighted by Crippen LogP contribution is 2.26. The number of carbonyl (C=O) groups is 1. The summed E-state index contributed by atoms with van der Waals surface area (Å²) in [6.45, 7) is 6.13. The Labute approximate surface area is 174 Å². The molecule has 0 N–H and O–H groups in total. The summed E-state index contributed by atoms with van der Waals surface area (Å²) in [5.41, 5.74) is 2.82. The molecule has 1 heterocycles. The molecule has 28 heavy (non-hydrogen) atoms. The van der Waals surface area contributed by atoms with Crippen LogP contribution in [0.25, 0.3) is 0 Å². The molecular weight excluding hydrogens is 394 g/mol. The molecule has 0 aliphatic rings. The third kappa shape index (κ3) is 4.75. The zero-order valence-electron chi connectivity index (χ0n) is 16.3. The number of ether oxygens (including phenoxy) is 1. The van der Waals surface area contributed by atoms with E-state index in [0.717, 1.165) is 16.7 Å².